The maximum absolute atomic E-state index is 13.8. The van der Waals surface area contributed by atoms with Crippen LogP contribution < -0.4 is 4.90 Å². The van der Waals surface area contributed by atoms with Gasteiger partial charge in [0.05, 0.1) is 11.4 Å². The quantitative estimate of drug-likeness (QED) is 0.516. The van der Waals surface area contributed by atoms with Crippen LogP contribution in [0.1, 0.15) is 42.1 Å². The van der Waals surface area contributed by atoms with Gasteiger partial charge in [0.1, 0.15) is 0 Å². The van der Waals surface area contributed by atoms with Crippen LogP contribution in [0.4, 0.5) is 5.69 Å². The molecule has 6 heteroatoms. The van der Waals surface area contributed by atoms with Gasteiger partial charge in [0, 0.05) is 17.8 Å². The van der Waals surface area contributed by atoms with Crippen molar-refractivity contribution in [3.8, 4) is 0 Å². The van der Waals surface area contributed by atoms with E-state index in [9.17, 15) is 13.2 Å². The maximum atomic E-state index is 13.8. The second-order valence-corrected chi connectivity index (χ2v) is 10.7. The fourth-order valence-corrected chi connectivity index (χ4v) is 6.15. The van der Waals surface area contributed by atoms with E-state index in [4.69, 9.17) is 0 Å². The van der Waals surface area contributed by atoms with E-state index in [1.54, 1.807) is 17.0 Å². The molecule has 5 nitrogen and oxygen atoms in total. The highest BCUT2D eigenvalue weighted by atomic mass is 32.2. The summed E-state index contributed by atoms with van der Waals surface area (Å²) in [5.74, 6) is -0.220. The number of rotatable bonds is 6. The lowest BCUT2D eigenvalue weighted by molar-refractivity contribution is -0.119. The zero-order valence-electron chi connectivity index (χ0n) is 19.5. The summed E-state index contributed by atoms with van der Waals surface area (Å²) in [5, 5.41) is 0. The molecule has 0 saturated heterocycles. The van der Waals surface area contributed by atoms with Crippen molar-refractivity contribution in [3.05, 3.63) is 95.1 Å². The number of hydrogen-bond donors (Lipinski definition) is 0. The van der Waals surface area contributed by atoms with E-state index in [1.807, 2.05) is 88.4 Å². The first-order valence-corrected chi connectivity index (χ1v) is 12.7. The summed E-state index contributed by atoms with van der Waals surface area (Å²) in [6.45, 7) is 7.45. The van der Waals surface area contributed by atoms with E-state index in [0.29, 0.717) is 0 Å². The molecule has 2 unspecified atom stereocenters. The van der Waals surface area contributed by atoms with E-state index in [-0.39, 0.29) is 23.4 Å². The van der Waals surface area contributed by atoms with Crippen molar-refractivity contribution < 1.29 is 13.2 Å². The third-order valence-electron chi connectivity index (χ3n) is 6.57. The molecule has 1 heterocycles. The summed E-state index contributed by atoms with van der Waals surface area (Å²) in [5.41, 5.74) is 4.74. The summed E-state index contributed by atoms with van der Waals surface area (Å²) in [6.07, 6.45) is 0.764. The van der Waals surface area contributed by atoms with Crippen molar-refractivity contribution in [2.75, 3.05) is 11.4 Å². The number of amides is 1. The molecule has 1 amide bonds. The lowest BCUT2D eigenvalue weighted by Crippen LogP contribution is -2.45. The molecule has 4 rings (SSSR count). The van der Waals surface area contributed by atoms with Crippen LogP contribution >= 0.6 is 0 Å². The van der Waals surface area contributed by atoms with Gasteiger partial charge in [-0.2, -0.15) is 4.31 Å². The van der Waals surface area contributed by atoms with Crippen LogP contribution in [-0.2, 0) is 21.2 Å². The Bertz CT molecular complexity index is 1270. The second-order valence-electron chi connectivity index (χ2n) is 8.83. The number of benzene rings is 3. The Labute approximate surface area is 196 Å². The summed E-state index contributed by atoms with van der Waals surface area (Å²) in [6, 6.07) is 21.9. The first kappa shape index (κ1) is 23.2. The van der Waals surface area contributed by atoms with E-state index >= 15 is 0 Å². The van der Waals surface area contributed by atoms with E-state index in [0.717, 1.165) is 34.4 Å². The molecular weight excluding hydrogens is 432 g/mol. The zero-order chi connectivity index (χ0) is 23.8. The van der Waals surface area contributed by atoms with Gasteiger partial charge in [0.15, 0.2) is 0 Å². The molecule has 1 aliphatic heterocycles. The summed E-state index contributed by atoms with van der Waals surface area (Å²) in [7, 11) is -3.92. The summed E-state index contributed by atoms with van der Waals surface area (Å²) < 4.78 is 29.0. The number of carbonyl (C=O) groups excluding carboxylic acids is 1. The van der Waals surface area contributed by atoms with Gasteiger partial charge < -0.3 is 4.90 Å². The average molecular weight is 463 g/mol. The monoisotopic (exact) mass is 462 g/mol. The van der Waals surface area contributed by atoms with Crippen molar-refractivity contribution >= 4 is 21.6 Å². The molecule has 0 fully saturated rings. The van der Waals surface area contributed by atoms with Gasteiger partial charge in [0.2, 0.25) is 15.9 Å². The molecule has 0 saturated carbocycles. The van der Waals surface area contributed by atoms with E-state index in [2.05, 4.69) is 0 Å². The molecule has 2 atom stereocenters. The highest BCUT2D eigenvalue weighted by molar-refractivity contribution is 7.89. The normalized spacial score (nSPS) is 16.6. The fraction of sp³-hybridized carbons (Fsp3) is 0.296. The zero-order valence-corrected chi connectivity index (χ0v) is 20.3. The lowest BCUT2D eigenvalue weighted by atomic mass is 10.1. The van der Waals surface area contributed by atoms with Crippen LogP contribution in [0.3, 0.4) is 0 Å². The number of para-hydroxylation sites is 1. The minimum Gasteiger partial charge on any atom is -0.308 e. The number of hydrogen-bond acceptors (Lipinski definition) is 3. The van der Waals surface area contributed by atoms with Crippen molar-refractivity contribution in [1.29, 1.82) is 0 Å². The van der Waals surface area contributed by atoms with Gasteiger partial charge in [-0.05, 0) is 74.6 Å². The number of aryl methyl sites for hydroxylation is 2. The lowest BCUT2D eigenvalue weighted by Gasteiger charge is -2.31. The van der Waals surface area contributed by atoms with E-state index in [1.165, 1.54) is 4.31 Å². The Morgan fingerprint density at radius 3 is 2.36 bits per heavy atom. The number of nitrogens with zero attached hydrogens (tertiary/aromatic N) is 2. The molecule has 33 heavy (non-hydrogen) atoms. The molecule has 0 aliphatic carbocycles. The fourth-order valence-electron chi connectivity index (χ4n) is 4.49. The predicted octanol–water partition coefficient (Wildman–Crippen LogP) is 5.03. The van der Waals surface area contributed by atoms with Crippen LogP contribution in [0, 0.1) is 13.8 Å². The highest BCUT2D eigenvalue weighted by Crippen LogP contribution is 2.34. The Morgan fingerprint density at radius 1 is 1.00 bits per heavy atom. The van der Waals surface area contributed by atoms with Gasteiger partial charge in [-0.15, -0.1) is 0 Å². The number of sulfonamides is 1. The van der Waals surface area contributed by atoms with Crippen molar-refractivity contribution in [3.63, 3.8) is 0 Å². The molecule has 172 valence electrons. The standard InChI is InChI=1S/C27H30N2O3S/c1-19-14-15-25(16-20(19)2)33(31,32)28(22(4)23-10-6-5-7-11-23)18-27(30)29-21(3)17-24-12-8-9-13-26(24)29/h5-16,21-22H,17-18H2,1-4H3. The molecule has 0 spiro atoms. The first-order valence-electron chi connectivity index (χ1n) is 11.2. The van der Waals surface area contributed by atoms with E-state index < -0.39 is 16.1 Å². The van der Waals surface area contributed by atoms with Gasteiger partial charge in [-0.3, -0.25) is 4.79 Å². The van der Waals surface area contributed by atoms with Gasteiger partial charge >= 0.3 is 0 Å². The van der Waals surface area contributed by atoms with Gasteiger partial charge in [0.25, 0.3) is 0 Å². The molecular formula is C27H30N2O3S. The minimum atomic E-state index is -3.92. The van der Waals surface area contributed by atoms with Crippen molar-refractivity contribution in [2.24, 2.45) is 0 Å². The average Bonchev–Trinajstić information content (AvgIpc) is 3.14. The SMILES string of the molecule is Cc1ccc(S(=O)(=O)N(CC(=O)N2c3ccccc3CC2C)C(C)c2ccccc2)cc1C. The third-order valence-corrected chi connectivity index (χ3v) is 8.48. The predicted molar refractivity (Wildman–Crippen MR) is 132 cm³/mol. The molecule has 0 radical (unpaired) electrons. The van der Waals surface area contributed by atoms with Crippen molar-refractivity contribution in [1.82, 2.24) is 4.31 Å². The number of fused-ring (bicyclic) bond motifs is 1. The smallest absolute Gasteiger partial charge is 0.244 e. The topological polar surface area (TPSA) is 57.7 Å². The number of anilines is 1. The van der Waals surface area contributed by atoms with Gasteiger partial charge in [-0.25, -0.2) is 8.42 Å². The van der Waals surface area contributed by atoms with Crippen LogP contribution in [0.15, 0.2) is 77.7 Å². The van der Waals surface area contributed by atoms with Crippen LogP contribution in [-0.4, -0.2) is 31.2 Å². The number of carbonyl (C=O) groups is 1. The first-order chi connectivity index (χ1) is 15.7. The molecule has 1 aliphatic rings. The van der Waals surface area contributed by atoms with Gasteiger partial charge in [-0.1, -0.05) is 54.6 Å². The Kier molecular flexibility index (Phi) is 6.41. The maximum Gasteiger partial charge on any atom is 0.244 e. The third kappa shape index (κ3) is 4.45. The largest absolute Gasteiger partial charge is 0.308 e. The van der Waals surface area contributed by atoms with Crippen molar-refractivity contribution in [2.45, 2.75) is 51.1 Å². The Balaban J connectivity index is 1.73. The molecule has 0 N–H and O–H groups in total. The Hall–Kier alpha value is -2.96. The highest BCUT2D eigenvalue weighted by Gasteiger charge is 2.37. The summed E-state index contributed by atoms with van der Waals surface area (Å²) >= 11 is 0. The molecule has 3 aromatic carbocycles. The van der Waals surface area contributed by atoms with Crippen LogP contribution in [0.5, 0.6) is 0 Å². The molecule has 0 aromatic heterocycles. The minimum absolute atomic E-state index is 0.0203. The Morgan fingerprint density at radius 2 is 1.67 bits per heavy atom. The van der Waals surface area contributed by atoms with Crippen LogP contribution in [0.2, 0.25) is 0 Å². The second kappa shape index (κ2) is 9.12. The molecule has 0 bridgehead atoms. The summed E-state index contributed by atoms with van der Waals surface area (Å²) in [4.78, 5) is 15.5. The van der Waals surface area contributed by atoms with Crippen LogP contribution in [0.25, 0.3) is 0 Å². The molecule has 3 aromatic rings.